The van der Waals surface area contributed by atoms with Gasteiger partial charge < -0.3 is 71.8 Å². The van der Waals surface area contributed by atoms with E-state index in [4.69, 9.17) is 116 Å². The minimum atomic E-state index is -1.32. The van der Waals surface area contributed by atoms with Gasteiger partial charge in [-0.15, -0.1) is 41.4 Å². The molecule has 544 valence electrons. The molecule has 12 aliphatic rings. The van der Waals surface area contributed by atoms with Crippen LogP contribution in [0.2, 0.25) is 0 Å². The van der Waals surface area contributed by atoms with Gasteiger partial charge in [-0.3, -0.25) is 14.4 Å². The number of ketones is 2. The van der Waals surface area contributed by atoms with Gasteiger partial charge in [0.2, 0.25) is 17.4 Å². The number of carbonyl (C=O) groups excluding carboxylic acids is 7. The standard InChI is InChI=1S/C24H32ClIO8.C22H32ClIO4.C20H28ClIO6.2CO2.2Y/c1-4-9-29-24-12-23(8-7-14(25)10-13(2)26)32-19-18-16(6-5-15(30-18)11-17(27)28-3)31-21(20(19)33-24)22(24)34-23;1-5-18-9-11-20-22(27-18)15(4)14(3)21(28-20)19(26)10-8-17(25)7-6-16(23)12-13(2)24;1-3-13-6-7-14-15(25-13)16-17-18(26-14)19(24)20(27-16,28-17)9-12(23)5-4-11(21)8-10(2)22;2*2-1-3;;/h4,14-16,18-22H,1-2,5-12H2,3H3;14-16,18-22,26H,2,5-7,9,11-12H2,1,3-4H3;11,13-19,24H,2-9H2,1H3;;;;/t14-,15-,16+,18+,19+,20+,21?,22+,23?,24+;14-,15+,16+,18-,19-,20-,21+,22+;11-,13+,14+,15+,16+,17+,18-,19-,20+;;;;/m101..../s1. The molecular formula is C68H92Cl3I3O22Y2. The van der Waals surface area contributed by atoms with Crippen molar-refractivity contribution in [1.82, 2.24) is 0 Å². The maximum atomic E-state index is 12.6. The molecule has 0 amide bonds. The van der Waals surface area contributed by atoms with E-state index in [1.165, 1.54) is 7.11 Å². The van der Waals surface area contributed by atoms with Gasteiger partial charge in [0.25, 0.3) is 0 Å². The fraction of sp³-hybridized carbons (Fsp3) is 0.779. The van der Waals surface area contributed by atoms with Crippen molar-refractivity contribution < 1.29 is 171 Å². The van der Waals surface area contributed by atoms with Crippen LogP contribution in [-0.4, -0.2) is 203 Å². The van der Waals surface area contributed by atoms with Crippen LogP contribution in [-0.2, 0) is 161 Å². The maximum absolute atomic E-state index is 12.6. The summed E-state index contributed by atoms with van der Waals surface area (Å²) in [6.07, 6.45) is 9.56. The number of hydrogen-bond donors (Lipinski definition) is 2. The molecule has 12 rings (SSSR count). The van der Waals surface area contributed by atoms with Crippen molar-refractivity contribution in [3.05, 3.63) is 43.1 Å². The van der Waals surface area contributed by atoms with Crippen LogP contribution >= 0.6 is 103 Å². The van der Waals surface area contributed by atoms with Crippen LogP contribution in [0.5, 0.6) is 0 Å². The smallest absolute Gasteiger partial charge is 0.373 e. The summed E-state index contributed by atoms with van der Waals surface area (Å²) in [5.74, 6) is 1.92. The van der Waals surface area contributed by atoms with E-state index in [0.717, 1.165) is 62.1 Å². The summed E-state index contributed by atoms with van der Waals surface area (Å²) < 4.78 is 83.8. The Morgan fingerprint density at radius 1 is 0.633 bits per heavy atom. The zero-order chi connectivity index (χ0) is 70.4. The molecule has 0 aliphatic carbocycles. The zero-order valence-electron chi connectivity index (χ0n) is 56.1. The molecule has 0 saturated carbocycles. The predicted octanol–water partition coefficient (Wildman–Crippen LogP) is 10.5. The van der Waals surface area contributed by atoms with E-state index in [9.17, 15) is 24.6 Å². The fourth-order valence-corrected chi connectivity index (χ4v) is 18.2. The first-order valence-corrected chi connectivity index (χ1v) is 37.7. The monoisotopic (exact) mass is 1920 g/mol. The molecule has 2 N–H and O–H groups in total. The average Bonchev–Trinajstić information content (AvgIpc) is 1.49. The topological polar surface area (TPSA) is 280 Å². The number of aliphatic hydroxyl groups excluding tert-OH is 2. The Labute approximate surface area is 681 Å². The minimum Gasteiger partial charge on any atom is -0.469 e. The molecule has 2 unspecified atom stereocenters. The van der Waals surface area contributed by atoms with Gasteiger partial charge in [-0.1, -0.05) is 59.4 Å². The molecule has 0 aromatic heterocycles. The van der Waals surface area contributed by atoms with Crippen LogP contribution < -0.4 is 0 Å². The van der Waals surface area contributed by atoms with Crippen molar-refractivity contribution in [2.45, 2.75) is 306 Å². The molecular weight excluding hydrogens is 1830 g/mol. The van der Waals surface area contributed by atoms with Crippen LogP contribution in [0.1, 0.15) is 156 Å². The summed E-state index contributed by atoms with van der Waals surface area (Å²) in [5.41, 5.74) is 0. The molecule has 0 spiro atoms. The minimum absolute atomic E-state index is 0. The number of ether oxygens (including phenoxy) is 13. The maximum Gasteiger partial charge on any atom is 0.373 e. The summed E-state index contributed by atoms with van der Waals surface area (Å²) in [6.45, 7) is 24.2. The number of esters is 1. The average molecular weight is 1930 g/mol. The van der Waals surface area contributed by atoms with Gasteiger partial charge in [-0.05, 0) is 186 Å². The fourth-order valence-electron chi connectivity index (χ4n) is 14.9. The van der Waals surface area contributed by atoms with E-state index >= 15 is 0 Å². The van der Waals surface area contributed by atoms with Crippen molar-refractivity contribution in [1.29, 1.82) is 0 Å². The molecule has 22 nitrogen and oxygen atoms in total. The first kappa shape index (κ1) is 89.4. The number of Topliss-reactive ketones (excluding diaryl/α,β-unsaturated/α-hetero) is 2. The first-order valence-electron chi connectivity index (χ1n) is 33.1. The van der Waals surface area contributed by atoms with Crippen LogP contribution in [0.25, 0.3) is 0 Å². The van der Waals surface area contributed by atoms with Crippen molar-refractivity contribution >= 4 is 132 Å². The number of rotatable bonds is 25. The molecule has 27 atom stereocenters. The van der Waals surface area contributed by atoms with Gasteiger partial charge in [-0.25, -0.2) is 0 Å². The summed E-state index contributed by atoms with van der Waals surface area (Å²) in [7, 11) is 1.39. The molecule has 0 aromatic rings. The Bertz CT molecular complexity index is 2820. The number of carbonyl (C=O) groups is 3. The van der Waals surface area contributed by atoms with Crippen LogP contribution in [0, 0.1) is 23.7 Å². The van der Waals surface area contributed by atoms with E-state index < -0.39 is 60.1 Å². The van der Waals surface area contributed by atoms with Crippen molar-refractivity contribution in [3.63, 3.8) is 0 Å². The Balaban J connectivity index is 0.000000254. The van der Waals surface area contributed by atoms with E-state index in [-0.39, 0.29) is 210 Å². The van der Waals surface area contributed by atoms with Gasteiger partial charge in [-0.2, -0.15) is 19.2 Å². The molecule has 12 fully saturated rings. The molecule has 12 saturated heterocycles. The van der Waals surface area contributed by atoms with Gasteiger partial charge >= 0.3 is 18.3 Å². The Hall–Kier alpha value is 0.798. The zero-order valence-corrected chi connectivity index (χ0v) is 70.5. The molecule has 8 bridgehead atoms. The third kappa shape index (κ3) is 23.2. The van der Waals surface area contributed by atoms with Crippen molar-refractivity contribution in [3.8, 4) is 11.8 Å². The van der Waals surface area contributed by atoms with E-state index in [1.54, 1.807) is 6.08 Å². The van der Waals surface area contributed by atoms with E-state index in [0.29, 0.717) is 70.5 Å². The van der Waals surface area contributed by atoms with Gasteiger partial charge in [0.05, 0.1) is 81.8 Å². The Kier molecular flexibility index (Phi) is 38.3. The summed E-state index contributed by atoms with van der Waals surface area (Å²) in [4.78, 5) is 69.0. The second kappa shape index (κ2) is 41.9. The number of alkyl halides is 3. The van der Waals surface area contributed by atoms with Gasteiger partial charge in [0.1, 0.15) is 72.9 Å². The van der Waals surface area contributed by atoms with Gasteiger partial charge in [0.15, 0.2) is 5.79 Å². The molecule has 0 aromatic carbocycles. The largest absolute Gasteiger partial charge is 0.469 e. The molecule has 2 radical (unpaired) electrons. The summed E-state index contributed by atoms with van der Waals surface area (Å²) in [6, 6.07) is 0. The number of halogens is 6. The molecule has 12 heterocycles. The first-order chi connectivity index (χ1) is 45.7. The number of hydrogen-bond acceptors (Lipinski definition) is 22. The van der Waals surface area contributed by atoms with Crippen molar-refractivity contribution in [2.75, 3.05) is 13.7 Å². The second-order valence-electron chi connectivity index (χ2n) is 26.3. The third-order valence-electron chi connectivity index (χ3n) is 19.7. The Morgan fingerprint density at radius 3 is 1.65 bits per heavy atom. The van der Waals surface area contributed by atoms with Crippen LogP contribution in [0.4, 0.5) is 0 Å². The van der Waals surface area contributed by atoms with Crippen LogP contribution in [0.15, 0.2) is 43.1 Å². The van der Waals surface area contributed by atoms with Crippen molar-refractivity contribution in [2.24, 2.45) is 11.8 Å². The molecule has 98 heavy (non-hydrogen) atoms. The summed E-state index contributed by atoms with van der Waals surface area (Å²) in [5, 5.41) is 21.1. The summed E-state index contributed by atoms with van der Waals surface area (Å²) >= 11 is 25.5. The van der Waals surface area contributed by atoms with E-state index in [1.807, 2.05) is 0 Å². The third-order valence-corrected chi connectivity index (χ3v) is 22.1. The number of methoxy groups -OCH3 is 1. The molecule has 30 heteroatoms. The quantitative estimate of drug-likeness (QED) is 0.0215. The van der Waals surface area contributed by atoms with Gasteiger partial charge in [0, 0.05) is 101 Å². The molecule has 12 aliphatic heterocycles. The van der Waals surface area contributed by atoms with E-state index in [2.05, 4.69) is 134 Å². The SMILES string of the molecule is C=C(I)C[C@H](Cl)CCC(=O)C#C[C@H](O)[C@@H]1O[C@H]2CC[C@H](CC)O[C@@H]2[C@H](C)[C@@H]1C.C=C(I)C[C@H](Cl)CCC(=O)C[C@]12O[C@@H]3[C@H](O1)[C@@H](O[C@H]1CC[C@H](CC)O[C@H]31)[C@H]2O.C=CCO[C@@]12CC3(CC[C@@H](Cl)CC(=C)I)O[C@H]4[C@H]5O[C@@H](CC(=O)OC)CC[C@@H]5OC([C@H]4O1)[C@@H]2O3.O=C=O.O=C=O.[Y].[Y]. The Morgan fingerprint density at radius 2 is 1.11 bits per heavy atom. The normalized spacial score (nSPS) is 38.4. The van der Waals surface area contributed by atoms with Crippen LogP contribution in [0.3, 0.4) is 0 Å². The predicted molar refractivity (Wildman–Crippen MR) is 373 cm³/mol. The number of aliphatic hydroxyl groups is 2. The second-order valence-corrected chi connectivity index (χ2v) is 32.8. The number of allylic oxidation sites excluding steroid dienone is 3. The number of fused-ring (bicyclic) bond motifs is 5.